The van der Waals surface area contributed by atoms with Gasteiger partial charge >= 0.3 is 5.69 Å². The van der Waals surface area contributed by atoms with Crippen molar-refractivity contribution in [2.24, 2.45) is 5.92 Å². The number of nitrogens with zero attached hydrogens (tertiary/aromatic N) is 2. The molecule has 0 radical (unpaired) electrons. The summed E-state index contributed by atoms with van der Waals surface area (Å²) in [5.41, 5.74) is 0.698. The molecule has 0 amide bonds. The van der Waals surface area contributed by atoms with E-state index in [0.717, 1.165) is 11.3 Å². The SMILES string of the molecule is CC(C)CCn1c(=O)[nH]c(=O)c2c3c(cnc21)C(=O)CC(c1cccs1)C3. The predicted molar refractivity (Wildman–Crippen MR) is 106 cm³/mol. The summed E-state index contributed by atoms with van der Waals surface area (Å²) < 4.78 is 1.52. The monoisotopic (exact) mass is 383 g/mol. The molecule has 1 atom stereocenters. The second kappa shape index (κ2) is 6.88. The minimum atomic E-state index is -0.459. The van der Waals surface area contributed by atoms with E-state index < -0.39 is 11.2 Å². The van der Waals surface area contributed by atoms with E-state index in [2.05, 4.69) is 23.8 Å². The molecule has 0 saturated carbocycles. The van der Waals surface area contributed by atoms with Crippen molar-refractivity contribution in [3.8, 4) is 0 Å². The van der Waals surface area contributed by atoms with Crippen molar-refractivity contribution >= 4 is 28.2 Å². The van der Waals surface area contributed by atoms with Gasteiger partial charge < -0.3 is 0 Å². The highest BCUT2D eigenvalue weighted by molar-refractivity contribution is 7.10. The molecule has 0 aliphatic heterocycles. The van der Waals surface area contributed by atoms with Crippen LogP contribution < -0.4 is 11.2 Å². The number of ketones is 1. The van der Waals surface area contributed by atoms with Gasteiger partial charge in [0.1, 0.15) is 5.65 Å². The van der Waals surface area contributed by atoms with E-state index in [1.165, 1.54) is 10.8 Å². The molecule has 1 aliphatic rings. The lowest BCUT2D eigenvalue weighted by atomic mass is 9.82. The van der Waals surface area contributed by atoms with Gasteiger partial charge in [-0.05, 0) is 35.8 Å². The number of aryl methyl sites for hydroxylation is 1. The van der Waals surface area contributed by atoms with E-state index in [1.54, 1.807) is 11.3 Å². The molecule has 0 fully saturated rings. The number of carbonyl (C=O) groups excluding carboxylic acids is 1. The van der Waals surface area contributed by atoms with E-state index in [1.807, 2.05) is 17.5 Å². The lowest BCUT2D eigenvalue weighted by Crippen LogP contribution is -2.33. The summed E-state index contributed by atoms with van der Waals surface area (Å²) in [6.45, 7) is 4.65. The standard InChI is InChI=1S/C20H21N3O3S/c1-11(2)5-6-23-18-17(19(25)22-20(23)26)13-8-12(16-4-3-7-27-16)9-15(24)14(13)10-21-18/h3-4,7,10-12H,5-6,8-9H2,1-2H3,(H,22,25,26). The van der Waals surface area contributed by atoms with Gasteiger partial charge in [-0.25, -0.2) is 9.78 Å². The first-order valence-corrected chi connectivity index (χ1v) is 10.0. The summed E-state index contributed by atoms with van der Waals surface area (Å²) >= 11 is 1.62. The van der Waals surface area contributed by atoms with Crippen molar-refractivity contribution in [1.29, 1.82) is 0 Å². The number of carbonyl (C=O) groups is 1. The highest BCUT2D eigenvalue weighted by atomic mass is 32.1. The highest BCUT2D eigenvalue weighted by Gasteiger charge is 2.30. The maximum Gasteiger partial charge on any atom is 0.329 e. The zero-order valence-corrected chi connectivity index (χ0v) is 16.1. The smallest absolute Gasteiger partial charge is 0.294 e. The molecule has 4 rings (SSSR count). The van der Waals surface area contributed by atoms with Crippen LogP contribution in [0.5, 0.6) is 0 Å². The van der Waals surface area contributed by atoms with Gasteiger partial charge in [-0.1, -0.05) is 19.9 Å². The summed E-state index contributed by atoms with van der Waals surface area (Å²) in [7, 11) is 0. The van der Waals surface area contributed by atoms with Gasteiger partial charge in [0.2, 0.25) is 0 Å². The van der Waals surface area contributed by atoms with Crippen LogP contribution >= 0.6 is 11.3 Å². The topological polar surface area (TPSA) is 84.8 Å². The summed E-state index contributed by atoms with van der Waals surface area (Å²) in [6, 6.07) is 4.00. The van der Waals surface area contributed by atoms with E-state index in [-0.39, 0.29) is 11.7 Å². The van der Waals surface area contributed by atoms with Crippen molar-refractivity contribution in [3.05, 3.63) is 60.6 Å². The van der Waals surface area contributed by atoms with Gasteiger partial charge in [0.05, 0.1) is 5.39 Å². The quantitative estimate of drug-likeness (QED) is 0.750. The maximum atomic E-state index is 12.7. The number of H-pyrrole nitrogens is 1. The molecule has 3 aromatic heterocycles. The summed E-state index contributed by atoms with van der Waals surface area (Å²) in [4.78, 5) is 45.6. The normalized spacial score (nSPS) is 16.9. The largest absolute Gasteiger partial charge is 0.329 e. The Morgan fingerprint density at radius 2 is 2.11 bits per heavy atom. The molecule has 7 heteroatoms. The van der Waals surface area contributed by atoms with Gasteiger partial charge in [-0.2, -0.15) is 0 Å². The first kappa shape index (κ1) is 17.9. The van der Waals surface area contributed by atoms with Gasteiger partial charge in [0.15, 0.2) is 5.78 Å². The molecule has 0 saturated heterocycles. The van der Waals surface area contributed by atoms with Gasteiger partial charge in [-0.3, -0.25) is 19.1 Å². The van der Waals surface area contributed by atoms with Crippen LogP contribution in [0.1, 0.15) is 53.4 Å². The number of rotatable bonds is 4. The number of hydrogen-bond donors (Lipinski definition) is 1. The average molecular weight is 383 g/mol. The Labute approximate surface area is 159 Å². The van der Waals surface area contributed by atoms with Crippen LogP contribution in [0, 0.1) is 5.92 Å². The molecule has 27 heavy (non-hydrogen) atoms. The lowest BCUT2D eigenvalue weighted by Gasteiger charge is -2.24. The Bertz CT molecular complexity index is 1130. The molecular formula is C20H21N3O3S. The average Bonchev–Trinajstić information content (AvgIpc) is 3.15. The third-order valence-corrected chi connectivity index (χ3v) is 6.21. The number of hydrogen-bond acceptors (Lipinski definition) is 5. The van der Waals surface area contributed by atoms with Crippen LogP contribution in [0.3, 0.4) is 0 Å². The van der Waals surface area contributed by atoms with Crippen LogP contribution in [-0.4, -0.2) is 20.3 Å². The Morgan fingerprint density at radius 3 is 2.81 bits per heavy atom. The summed E-state index contributed by atoms with van der Waals surface area (Å²) in [5, 5.41) is 2.38. The number of aromatic amines is 1. The Hall–Kier alpha value is -2.54. The second-order valence-corrected chi connectivity index (χ2v) is 8.47. The fraction of sp³-hybridized carbons (Fsp3) is 0.400. The first-order chi connectivity index (χ1) is 13.0. The number of pyridine rings is 1. The number of nitrogens with one attached hydrogen (secondary N) is 1. The van der Waals surface area contributed by atoms with Crippen molar-refractivity contribution in [2.75, 3.05) is 0 Å². The van der Waals surface area contributed by atoms with Gasteiger partial charge in [-0.15, -0.1) is 11.3 Å². The van der Waals surface area contributed by atoms with E-state index in [0.29, 0.717) is 47.5 Å². The zero-order valence-electron chi connectivity index (χ0n) is 15.3. The van der Waals surface area contributed by atoms with Crippen LogP contribution in [0.4, 0.5) is 0 Å². The molecule has 1 aliphatic carbocycles. The third kappa shape index (κ3) is 3.16. The third-order valence-electron chi connectivity index (χ3n) is 5.17. The van der Waals surface area contributed by atoms with Crippen LogP contribution in [-0.2, 0) is 13.0 Å². The molecule has 0 spiro atoms. The van der Waals surface area contributed by atoms with Crippen LogP contribution in [0.15, 0.2) is 33.3 Å². The summed E-state index contributed by atoms with van der Waals surface area (Å²) in [5.74, 6) is 0.482. The number of thiophene rings is 1. The van der Waals surface area contributed by atoms with Crippen LogP contribution in [0.2, 0.25) is 0 Å². The fourth-order valence-electron chi connectivity index (χ4n) is 3.73. The van der Waals surface area contributed by atoms with E-state index in [4.69, 9.17) is 0 Å². The Morgan fingerprint density at radius 1 is 1.30 bits per heavy atom. The highest BCUT2D eigenvalue weighted by Crippen LogP contribution is 2.36. The molecule has 1 unspecified atom stereocenters. The minimum Gasteiger partial charge on any atom is -0.294 e. The van der Waals surface area contributed by atoms with Crippen LogP contribution in [0.25, 0.3) is 11.0 Å². The molecule has 1 N–H and O–H groups in total. The number of aromatic nitrogens is 3. The number of Topliss-reactive ketones (excluding diaryl/α,β-unsaturated/α-hetero) is 1. The van der Waals surface area contributed by atoms with Crippen molar-refractivity contribution in [3.63, 3.8) is 0 Å². The molecule has 6 nitrogen and oxygen atoms in total. The molecule has 0 bridgehead atoms. The maximum absolute atomic E-state index is 12.7. The minimum absolute atomic E-state index is 0.00313. The molecule has 0 aromatic carbocycles. The van der Waals surface area contributed by atoms with E-state index >= 15 is 0 Å². The fourth-order valence-corrected chi connectivity index (χ4v) is 4.56. The second-order valence-electron chi connectivity index (χ2n) is 7.49. The van der Waals surface area contributed by atoms with Gasteiger partial charge in [0.25, 0.3) is 5.56 Å². The van der Waals surface area contributed by atoms with Crippen molar-refractivity contribution in [2.45, 2.75) is 45.6 Å². The van der Waals surface area contributed by atoms with Crippen molar-refractivity contribution < 1.29 is 4.79 Å². The molecular weight excluding hydrogens is 362 g/mol. The lowest BCUT2D eigenvalue weighted by molar-refractivity contribution is 0.0964. The van der Waals surface area contributed by atoms with Crippen molar-refractivity contribution in [1.82, 2.24) is 14.5 Å². The Kier molecular flexibility index (Phi) is 4.55. The molecule has 3 aromatic rings. The van der Waals surface area contributed by atoms with E-state index in [9.17, 15) is 14.4 Å². The Balaban J connectivity index is 1.91. The first-order valence-electron chi connectivity index (χ1n) is 9.17. The molecule has 140 valence electrons. The summed E-state index contributed by atoms with van der Waals surface area (Å²) in [6.07, 6.45) is 3.36. The predicted octanol–water partition coefficient (Wildman–Crippen LogP) is 3.11. The van der Waals surface area contributed by atoms with Gasteiger partial charge in [0, 0.05) is 35.5 Å². The zero-order chi connectivity index (χ0) is 19.1. The number of fused-ring (bicyclic) bond motifs is 3. The molecule has 3 heterocycles.